The van der Waals surface area contributed by atoms with E-state index < -0.39 is 0 Å². The van der Waals surface area contributed by atoms with Crippen LogP contribution in [0.2, 0.25) is 0 Å². The summed E-state index contributed by atoms with van der Waals surface area (Å²) in [4.78, 5) is 9.80. The van der Waals surface area contributed by atoms with Crippen LogP contribution in [0, 0.1) is 0 Å². The van der Waals surface area contributed by atoms with Gasteiger partial charge in [-0.25, -0.2) is 9.97 Å². The maximum atomic E-state index is 4.56. The standard InChI is InChI=1S/C10H12N2S/c1-10(2,3)8-5-4-7-9(12-8)13-6-11-7/h4-6H,1-3H3. The fraction of sp³-hybridized carbons (Fsp3) is 0.400. The molecule has 2 aromatic heterocycles. The Kier molecular flexibility index (Phi) is 1.84. The SMILES string of the molecule is CC(C)(C)c1ccc2ncsc2n1. The van der Waals surface area contributed by atoms with E-state index in [0.717, 1.165) is 16.0 Å². The van der Waals surface area contributed by atoms with E-state index in [9.17, 15) is 0 Å². The van der Waals surface area contributed by atoms with E-state index in [4.69, 9.17) is 0 Å². The number of pyridine rings is 1. The number of rotatable bonds is 0. The van der Waals surface area contributed by atoms with Gasteiger partial charge in [0.2, 0.25) is 0 Å². The highest BCUT2D eigenvalue weighted by molar-refractivity contribution is 7.16. The summed E-state index contributed by atoms with van der Waals surface area (Å²) in [6.07, 6.45) is 0. The van der Waals surface area contributed by atoms with Crippen molar-refractivity contribution in [3.63, 3.8) is 0 Å². The number of hydrogen-bond donors (Lipinski definition) is 0. The molecule has 0 fully saturated rings. The van der Waals surface area contributed by atoms with Crippen LogP contribution < -0.4 is 0 Å². The highest BCUT2D eigenvalue weighted by Crippen LogP contribution is 2.23. The Morgan fingerprint density at radius 1 is 1.23 bits per heavy atom. The van der Waals surface area contributed by atoms with Crippen LogP contribution in [0.3, 0.4) is 0 Å². The molecule has 68 valence electrons. The molecule has 0 N–H and O–H groups in total. The Morgan fingerprint density at radius 3 is 2.69 bits per heavy atom. The highest BCUT2D eigenvalue weighted by atomic mass is 32.1. The molecule has 0 radical (unpaired) electrons. The lowest BCUT2D eigenvalue weighted by Crippen LogP contribution is -2.12. The lowest BCUT2D eigenvalue weighted by atomic mass is 9.92. The Balaban J connectivity index is 2.61. The van der Waals surface area contributed by atoms with Crippen molar-refractivity contribution in [3.8, 4) is 0 Å². The molecule has 2 nitrogen and oxygen atoms in total. The van der Waals surface area contributed by atoms with Crippen molar-refractivity contribution >= 4 is 21.7 Å². The van der Waals surface area contributed by atoms with E-state index >= 15 is 0 Å². The normalized spacial score (nSPS) is 12.2. The summed E-state index contributed by atoms with van der Waals surface area (Å²) < 4.78 is 0. The quantitative estimate of drug-likeness (QED) is 0.641. The molecule has 0 aromatic carbocycles. The molecular formula is C10H12N2S. The number of thiazole rings is 1. The topological polar surface area (TPSA) is 25.8 Å². The van der Waals surface area contributed by atoms with E-state index in [0.29, 0.717) is 0 Å². The second-order valence-corrected chi connectivity index (χ2v) is 4.96. The predicted octanol–water partition coefficient (Wildman–Crippen LogP) is 2.99. The van der Waals surface area contributed by atoms with E-state index in [2.05, 4.69) is 36.8 Å². The van der Waals surface area contributed by atoms with Crippen molar-refractivity contribution in [1.29, 1.82) is 0 Å². The molecule has 0 bridgehead atoms. The van der Waals surface area contributed by atoms with Crippen molar-refractivity contribution in [3.05, 3.63) is 23.3 Å². The first kappa shape index (κ1) is 8.63. The van der Waals surface area contributed by atoms with Crippen molar-refractivity contribution in [2.24, 2.45) is 0 Å². The van der Waals surface area contributed by atoms with Crippen LogP contribution >= 0.6 is 11.3 Å². The first-order valence-electron chi connectivity index (χ1n) is 4.28. The number of hydrogen-bond acceptors (Lipinski definition) is 3. The van der Waals surface area contributed by atoms with Crippen molar-refractivity contribution in [2.45, 2.75) is 26.2 Å². The summed E-state index contributed by atoms with van der Waals surface area (Å²) in [5.41, 5.74) is 4.09. The van der Waals surface area contributed by atoms with Gasteiger partial charge in [0.15, 0.2) is 0 Å². The maximum Gasteiger partial charge on any atom is 0.143 e. The summed E-state index contributed by atoms with van der Waals surface area (Å²) in [5.74, 6) is 0. The van der Waals surface area contributed by atoms with Gasteiger partial charge in [0, 0.05) is 11.1 Å². The van der Waals surface area contributed by atoms with Gasteiger partial charge in [-0.3, -0.25) is 0 Å². The zero-order chi connectivity index (χ0) is 9.47. The molecule has 0 aliphatic rings. The van der Waals surface area contributed by atoms with Gasteiger partial charge in [-0.15, -0.1) is 11.3 Å². The third-order valence-corrected chi connectivity index (χ3v) is 2.70. The van der Waals surface area contributed by atoms with Gasteiger partial charge in [0.05, 0.1) is 11.0 Å². The lowest BCUT2D eigenvalue weighted by Gasteiger charge is -2.16. The van der Waals surface area contributed by atoms with Crippen LogP contribution in [0.5, 0.6) is 0 Å². The summed E-state index contributed by atoms with van der Waals surface area (Å²) in [7, 11) is 0. The van der Waals surface area contributed by atoms with Crippen molar-refractivity contribution < 1.29 is 0 Å². The third kappa shape index (κ3) is 1.56. The van der Waals surface area contributed by atoms with Crippen LogP contribution in [0.4, 0.5) is 0 Å². The van der Waals surface area contributed by atoms with E-state index in [1.54, 1.807) is 11.3 Å². The Hall–Kier alpha value is -0.960. The molecule has 2 aromatic rings. The van der Waals surface area contributed by atoms with E-state index in [1.807, 2.05) is 11.6 Å². The molecule has 0 saturated carbocycles. The Bertz CT molecular complexity index is 426. The lowest BCUT2D eigenvalue weighted by molar-refractivity contribution is 0.572. The molecule has 0 amide bonds. The van der Waals surface area contributed by atoms with E-state index in [-0.39, 0.29) is 5.41 Å². The average Bonchev–Trinajstić information content (AvgIpc) is 2.47. The van der Waals surface area contributed by atoms with Crippen LogP contribution in [0.1, 0.15) is 26.5 Å². The molecule has 0 saturated heterocycles. The van der Waals surface area contributed by atoms with Gasteiger partial charge < -0.3 is 0 Å². The van der Waals surface area contributed by atoms with Gasteiger partial charge in [0.1, 0.15) is 4.83 Å². The molecule has 0 unspecified atom stereocenters. The largest absolute Gasteiger partial charge is 0.243 e. The maximum absolute atomic E-state index is 4.56. The van der Waals surface area contributed by atoms with Crippen LogP contribution in [0.15, 0.2) is 17.6 Å². The van der Waals surface area contributed by atoms with Crippen LogP contribution in [0.25, 0.3) is 10.3 Å². The second kappa shape index (κ2) is 2.77. The highest BCUT2D eigenvalue weighted by Gasteiger charge is 2.15. The monoisotopic (exact) mass is 192 g/mol. The molecule has 0 atom stereocenters. The Morgan fingerprint density at radius 2 is 2.00 bits per heavy atom. The summed E-state index contributed by atoms with van der Waals surface area (Å²) in [6.45, 7) is 6.51. The zero-order valence-corrected chi connectivity index (χ0v) is 8.85. The minimum Gasteiger partial charge on any atom is -0.243 e. The average molecular weight is 192 g/mol. The Labute approximate surface area is 81.7 Å². The molecule has 0 aliphatic carbocycles. The molecular weight excluding hydrogens is 180 g/mol. The van der Waals surface area contributed by atoms with Gasteiger partial charge in [-0.1, -0.05) is 20.8 Å². The summed E-state index contributed by atoms with van der Waals surface area (Å²) in [5, 5.41) is 0. The minimum atomic E-state index is 0.123. The molecule has 0 spiro atoms. The molecule has 2 rings (SSSR count). The van der Waals surface area contributed by atoms with Gasteiger partial charge in [0.25, 0.3) is 0 Å². The van der Waals surface area contributed by atoms with Gasteiger partial charge in [-0.05, 0) is 12.1 Å². The fourth-order valence-corrected chi connectivity index (χ4v) is 1.83. The molecule has 2 heterocycles. The van der Waals surface area contributed by atoms with Crippen LogP contribution in [-0.4, -0.2) is 9.97 Å². The molecule has 13 heavy (non-hydrogen) atoms. The van der Waals surface area contributed by atoms with Gasteiger partial charge >= 0.3 is 0 Å². The first-order chi connectivity index (χ1) is 6.07. The van der Waals surface area contributed by atoms with Crippen molar-refractivity contribution in [2.75, 3.05) is 0 Å². The minimum absolute atomic E-state index is 0.123. The predicted molar refractivity (Wildman–Crippen MR) is 56.1 cm³/mol. The first-order valence-corrected chi connectivity index (χ1v) is 5.16. The summed E-state index contributed by atoms with van der Waals surface area (Å²) in [6, 6.07) is 4.10. The molecule has 3 heteroatoms. The molecule has 0 aliphatic heterocycles. The van der Waals surface area contributed by atoms with Gasteiger partial charge in [-0.2, -0.15) is 0 Å². The second-order valence-electron chi connectivity index (χ2n) is 4.12. The number of aromatic nitrogens is 2. The zero-order valence-electron chi connectivity index (χ0n) is 8.03. The number of nitrogens with zero attached hydrogens (tertiary/aromatic N) is 2. The smallest absolute Gasteiger partial charge is 0.143 e. The van der Waals surface area contributed by atoms with Crippen LogP contribution in [-0.2, 0) is 5.41 Å². The van der Waals surface area contributed by atoms with Crippen molar-refractivity contribution in [1.82, 2.24) is 9.97 Å². The fourth-order valence-electron chi connectivity index (χ4n) is 1.17. The van der Waals surface area contributed by atoms with E-state index in [1.165, 1.54) is 0 Å². The number of fused-ring (bicyclic) bond motifs is 1. The summed E-state index contributed by atoms with van der Waals surface area (Å²) >= 11 is 1.60. The third-order valence-electron chi connectivity index (χ3n) is 1.96.